The molecule has 1 aliphatic heterocycles. The lowest BCUT2D eigenvalue weighted by molar-refractivity contribution is 1.08. The average Bonchev–Trinajstić information content (AvgIpc) is 3.59. The molecule has 10 aromatic rings. The van der Waals surface area contributed by atoms with E-state index >= 15 is 0 Å². The fourth-order valence-electron chi connectivity index (χ4n) is 8.20. The van der Waals surface area contributed by atoms with Crippen molar-refractivity contribution in [1.82, 2.24) is 14.5 Å². The first-order valence-electron chi connectivity index (χ1n) is 18.9. The second-order valence-corrected chi connectivity index (χ2v) is 15.2. The van der Waals surface area contributed by atoms with Gasteiger partial charge >= 0.3 is 0 Å². The molecular weight excluding hydrogens is 699 g/mol. The van der Waals surface area contributed by atoms with Crippen LogP contribution in [0.15, 0.2) is 198 Å². The van der Waals surface area contributed by atoms with E-state index in [-0.39, 0.29) is 0 Å². The third-order valence-electron chi connectivity index (χ3n) is 10.9. The largest absolute Gasteiger partial charge is 0.292 e. The number of nitrogens with zero attached hydrogens (tertiary/aromatic N) is 3. The quantitative estimate of drug-likeness (QED) is 0.181. The molecule has 0 saturated heterocycles. The molecule has 4 heterocycles. The van der Waals surface area contributed by atoms with Crippen LogP contribution in [0.2, 0.25) is 0 Å². The molecule has 0 amide bonds. The molecule has 3 aromatic heterocycles. The van der Waals surface area contributed by atoms with E-state index in [1.807, 2.05) is 36.2 Å². The van der Waals surface area contributed by atoms with E-state index in [2.05, 4.69) is 181 Å². The summed E-state index contributed by atoms with van der Waals surface area (Å²) in [7, 11) is 0. The van der Waals surface area contributed by atoms with Crippen LogP contribution in [-0.4, -0.2) is 14.5 Å². The Morgan fingerprint density at radius 1 is 0.446 bits per heavy atom. The van der Waals surface area contributed by atoms with Crippen molar-refractivity contribution in [3.8, 4) is 50.5 Å². The van der Waals surface area contributed by atoms with Gasteiger partial charge in [-0.15, -0.1) is 0 Å². The van der Waals surface area contributed by atoms with E-state index in [0.717, 1.165) is 50.1 Å². The second kappa shape index (κ2) is 13.4. The van der Waals surface area contributed by atoms with Gasteiger partial charge in [-0.3, -0.25) is 4.57 Å². The van der Waals surface area contributed by atoms with Gasteiger partial charge in [-0.05, 0) is 104 Å². The van der Waals surface area contributed by atoms with Crippen LogP contribution in [0.1, 0.15) is 11.1 Å². The van der Waals surface area contributed by atoms with E-state index in [1.54, 1.807) is 0 Å². The zero-order valence-electron chi connectivity index (χ0n) is 30.3. The van der Waals surface area contributed by atoms with E-state index in [1.165, 1.54) is 53.9 Å². The first-order chi connectivity index (χ1) is 27.8. The summed E-state index contributed by atoms with van der Waals surface area (Å²) in [5.41, 5.74) is 14.6. The van der Waals surface area contributed by atoms with Crippen molar-refractivity contribution in [2.75, 3.05) is 0 Å². The maximum Gasteiger partial charge on any atom is 0.137 e. The summed E-state index contributed by atoms with van der Waals surface area (Å²) in [4.78, 5) is 12.6. The highest BCUT2D eigenvalue weighted by Gasteiger charge is 2.20. The fourth-order valence-corrected chi connectivity index (χ4v) is 9.44. The summed E-state index contributed by atoms with van der Waals surface area (Å²) in [5.74, 6) is 0.870. The minimum absolute atomic E-state index is 0.870. The van der Waals surface area contributed by atoms with E-state index < -0.39 is 0 Å². The van der Waals surface area contributed by atoms with Gasteiger partial charge in [0.1, 0.15) is 5.82 Å². The molecule has 0 N–H and O–H groups in total. The minimum Gasteiger partial charge on any atom is -0.292 e. The highest BCUT2D eigenvalue weighted by atomic mass is 32.2. The SMILES string of the molecule is C1=Cc2ccc(-c3ccc4c(c3)c3nc(-c5ccccc5)ccc3n4-c3ccccn3)cc2-c2ccc3ccccc3c2Sc2ccccc2-c2ccccc21. The first-order valence-corrected chi connectivity index (χ1v) is 19.7. The zero-order valence-corrected chi connectivity index (χ0v) is 31.1. The maximum absolute atomic E-state index is 5.31. The molecule has 4 heteroatoms. The van der Waals surface area contributed by atoms with Gasteiger partial charge in [-0.2, -0.15) is 0 Å². The van der Waals surface area contributed by atoms with Crippen molar-refractivity contribution >= 4 is 56.6 Å². The van der Waals surface area contributed by atoms with Crippen LogP contribution < -0.4 is 0 Å². The Morgan fingerprint density at radius 3 is 2.07 bits per heavy atom. The number of hydrogen-bond donors (Lipinski definition) is 0. The van der Waals surface area contributed by atoms with Gasteiger partial charge in [-0.1, -0.05) is 157 Å². The van der Waals surface area contributed by atoms with Crippen molar-refractivity contribution in [1.29, 1.82) is 0 Å². The number of hydrogen-bond acceptors (Lipinski definition) is 3. The third kappa shape index (κ3) is 5.45. The molecule has 0 bridgehead atoms. The van der Waals surface area contributed by atoms with Gasteiger partial charge in [0, 0.05) is 26.9 Å². The molecule has 0 saturated carbocycles. The highest BCUT2D eigenvalue weighted by Crippen LogP contribution is 2.47. The van der Waals surface area contributed by atoms with E-state index in [4.69, 9.17) is 9.97 Å². The Labute approximate surface area is 329 Å². The Bertz CT molecular complexity index is 3160. The third-order valence-corrected chi connectivity index (χ3v) is 12.1. The average molecular weight is 732 g/mol. The smallest absolute Gasteiger partial charge is 0.137 e. The highest BCUT2D eigenvalue weighted by molar-refractivity contribution is 7.99. The normalized spacial score (nSPS) is 12.1. The van der Waals surface area contributed by atoms with Gasteiger partial charge in [0.15, 0.2) is 0 Å². The Morgan fingerprint density at radius 2 is 1.18 bits per heavy atom. The van der Waals surface area contributed by atoms with Crippen molar-refractivity contribution < 1.29 is 0 Å². The summed E-state index contributed by atoms with van der Waals surface area (Å²) < 4.78 is 2.23. The van der Waals surface area contributed by atoms with E-state index in [9.17, 15) is 0 Å². The molecule has 11 rings (SSSR count). The van der Waals surface area contributed by atoms with Crippen LogP contribution in [0, 0.1) is 0 Å². The summed E-state index contributed by atoms with van der Waals surface area (Å²) in [6, 6.07) is 65.3. The lowest BCUT2D eigenvalue weighted by Gasteiger charge is -2.17. The number of fused-ring (bicyclic) bond motifs is 11. The molecule has 1 aliphatic rings. The lowest BCUT2D eigenvalue weighted by atomic mass is 9.92. The molecule has 3 nitrogen and oxygen atoms in total. The van der Waals surface area contributed by atoms with E-state index in [0.29, 0.717) is 0 Å². The monoisotopic (exact) mass is 731 g/mol. The van der Waals surface area contributed by atoms with Gasteiger partial charge < -0.3 is 0 Å². The molecule has 0 spiro atoms. The fraction of sp³-hybridized carbons (Fsp3) is 0. The number of rotatable bonds is 3. The Hall–Kier alpha value is -7.01. The van der Waals surface area contributed by atoms with Crippen LogP contribution in [0.5, 0.6) is 0 Å². The van der Waals surface area contributed by atoms with Gasteiger partial charge in [0.05, 0.1) is 22.2 Å². The van der Waals surface area contributed by atoms with Crippen LogP contribution in [-0.2, 0) is 0 Å². The standard InChI is InChI=1S/C52H33N3S/c1-2-14-37(15-3-1)46-28-30-48-51(54-46)45-33-39(26-29-47(45)55(48)50-20-10-11-31-53-50)38-24-23-36-22-21-34-12-4-6-16-40(34)42-18-8-9-19-49(42)56-52-41-17-7-5-13-35(41)25-27-43(52)44(36)32-38/h1-33H. The number of benzene rings is 7. The summed E-state index contributed by atoms with van der Waals surface area (Å²) in [5, 5.41) is 3.58. The van der Waals surface area contributed by atoms with Crippen LogP contribution in [0.3, 0.4) is 0 Å². The second-order valence-electron chi connectivity index (χ2n) is 14.2. The molecule has 0 fully saturated rings. The van der Waals surface area contributed by atoms with Crippen LogP contribution in [0.4, 0.5) is 0 Å². The topological polar surface area (TPSA) is 30.7 Å². The minimum atomic E-state index is 0.870. The first kappa shape index (κ1) is 32.4. The maximum atomic E-state index is 5.31. The predicted molar refractivity (Wildman–Crippen MR) is 235 cm³/mol. The van der Waals surface area contributed by atoms with Crippen molar-refractivity contribution in [3.05, 3.63) is 199 Å². The number of aromatic nitrogens is 3. The van der Waals surface area contributed by atoms with Gasteiger partial charge in [0.2, 0.25) is 0 Å². The molecule has 0 unspecified atom stereocenters. The molecule has 56 heavy (non-hydrogen) atoms. The zero-order chi connectivity index (χ0) is 37.0. The van der Waals surface area contributed by atoms with Crippen LogP contribution in [0.25, 0.3) is 95.3 Å². The molecule has 0 atom stereocenters. The summed E-state index contributed by atoms with van der Waals surface area (Å²) in [6.45, 7) is 0. The predicted octanol–water partition coefficient (Wildman–Crippen LogP) is 14.0. The molecule has 262 valence electrons. The number of pyridine rings is 2. The summed E-state index contributed by atoms with van der Waals surface area (Å²) >= 11 is 1.87. The summed E-state index contributed by atoms with van der Waals surface area (Å²) in [6.07, 6.45) is 6.41. The Kier molecular flexibility index (Phi) is 7.75. The van der Waals surface area contributed by atoms with Gasteiger partial charge in [0.25, 0.3) is 0 Å². The molecule has 7 aromatic carbocycles. The van der Waals surface area contributed by atoms with Gasteiger partial charge in [-0.25, -0.2) is 9.97 Å². The Balaban J connectivity index is 1.15. The molecule has 0 aliphatic carbocycles. The van der Waals surface area contributed by atoms with Crippen molar-refractivity contribution in [3.63, 3.8) is 0 Å². The van der Waals surface area contributed by atoms with Crippen LogP contribution >= 0.6 is 11.8 Å². The molecular formula is C52H33N3S. The van der Waals surface area contributed by atoms with Crippen molar-refractivity contribution in [2.45, 2.75) is 9.79 Å². The lowest BCUT2D eigenvalue weighted by Crippen LogP contribution is -1.96. The van der Waals surface area contributed by atoms with Crippen molar-refractivity contribution in [2.24, 2.45) is 0 Å². The molecule has 0 radical (unpaired) electrons.